The molecule has 1 rings (SSSR count). The largest absolute Gasteiger partial charge is 0.328 e. The molecule has 2 unspecified atom stereocenters. The van der Waals surface area contributed by atoms with Crippen LogP contribution in [0.25, 0.3) is 0 Å². The Hall–Kier alpha value is -0.0800. The second-order valence-electron chi connectivity index (χ2n) is 7.18. The molecule has 2 nitrogen and oxygen atoms in total. The van der Waals surface area contributed by atoms with Crippen molar-refractivity contribution in [3.05, 3.63) is 0 Å². The fraction of sp³-hybridized carbons (Fsp3) is 1.00. The lowest BCUT2D eigenvalue weighted by atomic mass is 9.87. The van der Waals surface area contributed by atoms with Crippen molar-refractivity contribution >= 4 is 0 Å². The fourth-order valence-corrected chi connectivity index (χ4v) is 2.71. The van der Waals surface area contributed by atoms with Gasteiger partial charge in [-0.3, -0.25) is 0 Å². The molecule has 0 amide bonds. The van der Waals surface area contributed by atoms with E-state index in [1.54, 1.807) is 0 Å². The zero-order valence-corrected chi connectivity index (χ0v) is 12.5. The number of nitrogens with zero attached hydrogens (tertiary/aromatic N) is 1. The van der Waals surface area contributed by atoms with Crippen LogP contribution in [0.1, 0.15) is 60.3 Å². The molecule has 17 heavy (non-hydrogen) atoms. The van der Waals surface area contributed by atoms with Gasteiger partial charge in [-0.1, -0.05) is 20.8 Å². The Balaban J connectivity index is 2.28. The van der Waals surface area contributed by atoms with E-state index in [2.05, 4.69) is 39.5 Å². The van der Waals surface area contributed by atoms with Gasteiger partial charge in [-0.25, -0.2) is 0 Å². The molecular formula is C15H32N2. The molecule has 1 aliphatic rings. The summed E-state index contributed by atoms with van der Waals surface area (Å²) in [6.07, 6.45) is 5.22. The number of nitrogens with two attached hydrogens (primary N) is 1. The third-order valence-electron chi connectivity index (χ3n) is 4.25. The third-order valence-corrected chi connectivity index (χ3v) is 4.25. The molecule has 102 valence electrons. The molecule has 1 fully saturated rings. The molecule has 0 aromatic rings. The predicted molar refractivity (Wildman–Crippen MR) is 76.1 cm³/mol. The van der Waals surface area contributed by atoms with Crippen molar-refractivity contribution in [1.29, 1.82) is 0 Å². The van der Waals surface area contributed by atoms with Crippen LogP contribution in [0.3, 0.4) is 0 Å². The molecule has 1 aliphatic heterocycles. The lowest BCUT2D eigenvalue weighted by molar-refractivity contribution is 0.119. The molecule has 0 bridgehead atoms. The summed E-state index contributed by atoms with van der Waals surface area (Å²) in [5.41, 5.74) is 6.46. The highest BCUT2D eigenvalue weighted by Gasteiger charge is 2.25. The van der Waals surface area contributed by atoms with Crippen LogP contribution in [0.15, 0.2) is 0 Å². The molecule has 2 atom stereocenters. The molecule has 1 heterocycles. The summed E-state index contributed by atoms with van der Waals surface area (Å²) in [7, 11) is 0. The van der Waals surface area contributed by atoms with Crippen LogP contribution in [-0.2, 0) is 0 Å². The molecule has 0 radical (unpaired) electrons. The first kappa shape index (κ1) is 15.0. The highest BCUT2D eigenvalue weighted by molar-refractivity contribution is 4.80. The summed E-state index contributed by atoms with van der Waals surface area (Å²) in [6, 6.07) is 1.12. The van der Waals surface area contributed by atoms with Gasteiger partial charge < -0.3 is 10.6 Å². The lowest BCUT2D eigenvalue weighted by Crippen LogP contribution is -2.43. The van der Waals surface area contributed by atoms with Gasteiger partial charge in [0.1, 0.15) is 0 Å². The molecular weight excluding hydrogens is 208 g/mol. The topological polar surface area (TPSA) is 29.3 Å². The molecule has 2 heteroatoms. The van der Waals surface area contributed by atoms with Crippen LogP contribution in [0.4, 0.5) is 0 Å². The fourth-order valence-electron chi connectivity index (χ4n) is 2.71. The molecule has 0 aromatic carbocycles. The number of hydrogen-bond donors (Lipinski definition) is 1. The molecule has 0 saturated carbocycles. The average Bonchev–Trinajstić information content (AvgIpc) is 2.25. The van der Waals surface area contributed by atoms with E-state index >= 15 is 0 Å². The van der Waals surface area contributed by atoms with Gasteiger partial charge in [0.25, 0.3) is 0 Å². The molecule has 0 aromatic heterocycles. The molecule has 0 spiro atoms. The number of hydrogen-bond acceptors (Lipinski definition) is 2. The van der Waals surface area contributed by atoms with E-state index in [9.17, 15) is 0 Å². The molecule has 2 N–H and O–H groups in total. The van der Waals surface area contributed by atoms with Crippen molar-refractivity contribution in [2.45, 2.75) is 72.4 Å². The van der Waals surface area contributed by atoms with Gasteiger partial charge in [-0.15, -0.1) is 0 Å². The Morgan fingerprint density at radius 3 is 2.12 bits per heavy atom. The zero-order chi connectivity index (χ0) is 13.1. The van der Waals surface area contributed by atoms with Gasteiger partial charge in [-0.2, -0.15) is 0 Å². The Bertz CT molecular complexity index is 209. The van der Waals surface area contributed by atoms with Crippen LogP contribution in [0, 0.1) is 11.3 Å². The molecule has 1 saturated heterocycles. The standard InChI is InChI=1S/C15H32N2/c1-12(6-9-15(3,4)5)17-10-7-14(8-11-17)13(2)16/h12-14H,6-11,16H2,1-5H3. The first-order chi connectivity index (χ1) is 7.79. The van der Waals surface area contributed by atoms with Crippen molar-refractivity contribution in [2.24, 2.45) is 17.1 Å². The van der Waals surface area contributed by atoms with E-state index in [1.165, 1.54) is 38.8 Å². The van der Waals surface area contributed by atoms with E-state index in [-0.39, 0.29) is 0 Å². The van der Waals surface area contributed by atoms with Crippen LogP contribution < -0.4 is 5.73 Å². The second-order valence-corrected chi connectivity index (χ2v) is 7.18. The van der Waals surface area contributed by atoms with Gasteiger partial charge >= 0.3 is 0 Å². The van der Waals surface area contributed by atoms with Gasteiger partial charge in [0.2, 0.25) is 0 Å². The van der Waals surface area contributed by atoms with Crippen molar-refractivity contribution in [3.63, 3.8) is 0 Å². The number of rotatable bonds is 4. The highest BCUT2D eigenvalue weighted by Crippen LogP contribution is 2.26. The minimum Gasteiger partial charge on any atom is -0.328 e. The maximum absolute atomic E-state index is 5.99. The summed E-state index contributed by atoms with van der Waals surface area (Å²) < 4.78 is 0. The van der Waals surface area contributed by atoms with E-state index in [0.717, 1.165) is 12.0 Å². The SMILES string of the molecule is CC(N)C1CCN(C(C)CCC(C)(C)C)CC1. The first-order valence-corrected chi connectivity index (χ1v) is 7.29. The van der Waals surface area contributed by atoms with Crippen molar-refractivity contribution < 1.29 is 0 Å². The van der Waals surface area contributed by atoms with E-state index in [0.29, 0.717) is 11.5 Å². The van der Waals surface area contributed by atoms with E-state index in [4.69, 9.17) is 5.73 Å². The number of likely N-dealkylation sites (tertiary alicyclic amines) is 1. The van der Waals surface area contributed by atoms with Gasteiger partial charge in [0.05, 0.1) is 0 Å². The Labute approximate surface area is 108 Å². The minimum absolute atomic E-state index is 0.377. The van der Waals surface area contributed by atoms with Crippen molar-refractivity contribution in [2.75, 3.05) is 13.1 Å². The van der Waals surface area contributed by atoms with Crippen LogP contribution >= 0.6 is 0 Å². The Kier molecular flexibility index (Phi) is 5.46. The summed E-state index contributed by atoms with van der Waals surface area (Å²) in [4.78, 5) is 2.66. The Morgan fingerprint density at radius 2 is 1.71 bits per heavy atom. The maximum Gasteiger partial charge on any atom is 0.00671 e. The van der Waals surface area contributed by atoms with Crippen LogP contribution in [0.2, 0.25) is 0 Å². The predicted octanol–water partition coefficient (Wildman–Crippen LogP) is 3.26. The quantitative estimate of drug-likeness (QED) is 0.817. The van der Waals surface area contributed by atoms with Crippen LogP contribution in [0.5, 0.6) is 0 Å². The van der Waals surface area contributed by atoms with Gasteiger partial charge in [0, 0.05) is 12.1 Å². The Morgan fingerprint density at radius 1 is 1.18 bits per heavy atom. The van der Waals surface area contributed by atoms with E-state index < -0.39 is 0 Å². The van der Waals surface area contributed by atoms with E-state index in [1.807, 2.05) is 0 Å². The molecule has 0 aliphatic carbocycles. The van der Waals surface area contributed by atoms with Gasteiger partial charge in [0.15, 0.2) is 0 Å². The summed E-state index contributed by atoms with van der Waals surface area (Å²) in [5.74, 6) is 0.751. The van der Waals surface area contributed by atoms with Crippen LogP contribution in [-0.4, -0.2) is 30.1 Å². The zero-order valence-electron chi connectivity index (χ0n) is 12.5. The monoisotopic (exact) mass is 240 g/mol. The maximum atomic E-state index is 5.99. The highest BCUT2D eigenvalue weighted by atomic mass is 15.2. The average molecular weight is 240 g/mol. The smallest absolute Gasteiger partial charge is 0.00671 e. The minimum atomic E-state index is 0.377. The lowest BCUT2D eigenvalue weighted by Gasteiger charge is -2.38. The number of piperidine rings is 1. The van der Waals surface area contributed by atoms with Gasteiger partial charge in [-0.05, 0) is 64.0 Å². The summed E-state index contributed by atoms with van der Waals surface area (Å²) in [6.45, 7) is 14.0. The van der Waals surface area contributed by atoms with Crippen molar-refractivity contribution in [1.82, 2.24) is 4.90 Å². The second kappa shape index (κ2) is 6.19. The van der Waals surface area contributed by atoms with Crippen molar-refractivity contribution in [3.8, 4) is 0 Å². The summed E-state index contributed by atoms with van der Waals surface area (Å²) in [5, 5.41) is 0. The first-order valence-electron chi connectivity index (χ1n) is 7.29. The summed E-state index contributed by atoms with van der Waals surface area (Å²) >= 11 is 0. The third kappa shape index (κ3) is 5.39. The normalized spacial score (nSPS) is 23.6.